The van der Waals surface area contributed by atoms with Crippen LogP contribution in [-0.2, 0) is 4.79 Å². The number of carbonyl (C=O) groups is 1. The van der Waals surface area contributed by atoms with Crippen molar-refractivity contribution in [3.63, 3.8) is 0 Å². The number of halogens is 15. The molecule has 2 N–H and O–H groups in total. The summed E-state index contributed by atoms with van der Waals surface area (Å²) in [5, 5.41) is 10.7. The SMILES string of the molecule is CCNCC.O=C(O)C(F)(F)C(F)(F)C(F)(F)C(F)(F)C(F)(F)C(F)(F)C(F)(F)F. The highest BCUT2D eigenvalue weighted by Gasteiger charge is 2.94. The minimum atomic E-state index is -8.47. The zero-order chi connectivity index (χ0) is 25.2. The van der Waals surface area contributed by atoms with E-state index in [1.54, 1.807) is 0 Å². The molecule has 0 aromatic heterocycles. The number of carboxylic acid groups (broad SMARTS) is 1. The molecule has 0 heterocycles. The number of carboxylic acids is 1. The van der Waals surface area contributed by atoms with Gasteiger partial charge in [-0.3, -0.25) is 0 Å². The van der Waals surface area contributed by atoms with Crippen LogP contribution in [0.1, 0.15) is 13.8 Å². The molecule has 18 heteroatoms. The molecular weight excluding hydrogens is 475 g/mol. The number of hydrogen-bond acceptors (Lipinski definition) is 2. The van der Waals surface area contributed by atoms with E-state index in [2.05, 4.69) is 19.2 Å². The molecule has 0 aliphatic rings. The molecule has 0 radical (unpaired) electrons. The van der Waals surface area contributed by atoms with Crippen molar-refractivity contribution >= 4 is 5.97 Å². The second kappa shape index (κ2) is 8.86. The molecule has 0 spiro atoms. The first kappa shape index (κ1) is 30.6. The highest BCUT2D eigenvalue weighted by molar-refractivity contribution is 5.77. The second-order valence-corrected chi connectivity index (χ2v) is 5.21. The average Bonchev–Trinajstić information content (AvgIpc) is 2.53. The van der Waals surface area contributed by atoms with E-state index in [0.717, 1.165) is 13.1 Å². The molecule has 0 aromatic rings. The lowest BCUT2D eigenvalue weighted by Gasteiger charge is -2.40. The number of nitrogens with one attached hydrogen (secondary N) is 1. The Morgan fingerprint density at radius 2 is 0.867 bits per heavy atom. The van der Waals surface area contributed by atoms with E-state index >= 15 is 0 Å². The highest BCUT2D eigenvalue weighted by atomic mass is 19.4. The zero-order valence-corrected chi connectivity index (χ0v) is 14.4. The van der Waals surface area contributed by atoms with Gasteiger partial charge in [0.15, 0.2) is 0 Å². The van der Waals surface area contributed by atoms with Gasteiger partial charge in [0.25, 0.3) is 0 Å². The summed E-state index contributed by atoms with van der Waals surface area (Å²) in [5.74, 6) is -52.8. The van der Waals surface area contributed by atoms with Gasteiger partial charge < -0.3 is 10.4 Å². The van der Waals surface area contributed by atoms with E-state index in [9.17, 15) is 70.7 Å². The summed E-state index contributed by atoms with van der Waals surface area (Å²) in [4.78, 5) is 9.72. The summed E-state index contributed by atoms with van der Waals surface area (Å²) in [6.45, 7) is 6.39. The first-order valence-corrected chi connectivity index (χ1v) is 7.13. The third kappa shape index (κ3) is 4.66. The molecule has 0 fully saturated rings. The molecular formula is C12H12F15NO2. The summed E-state index contributed by atoms with van der Waals surface area (Å²) in [5.41, 5.74) is 0. The van der Waals surface area contributed by atoms with Gasteiger partial charge in [0.2, 0.25) is 0 Å². The molecule has 0 aliphatic heterocycles. The summed E-state index contributed by atoms with van der Waals surface area (Å²) in [6, 6.07) is 0. The van der Waals surface area contributed by atoms with Crippen LogP contribution in [0.5, 0.6) is 0 Å². The lowest BCUT2D eigenvalue weighted by Crippen LogP contribution is -2.73. The fraction of sp³-hybridized carbons (Fsp3) is 0.917. The van der Waals surface area contributed by atoms with Gasteiger partial charge in [0.1, 0.15) is 0 Å². The van der Waals surface area contributed by atoms with Crippen LogP contribution in [0.15, 0.2) is 0 Å². The van der Waals surface area contributed by atoms with Crippen LogP contribution in [0.25, 0.3) is 0 Å². The van der Waals surface area contributed by atoms with Crippen molar-refractivity contribution in [3.05, 3.63) is 0 Å². The maximum absolute atomic E-state index is 12.8. The lowest BCUT2D eigenvalue weighted by atomic mass is 9.91. The molecule has 3 nitrogen and oxygen atoms in total. The summed E-state index contributed by atoms with van der Waals surface area (Å²) in [6.07, 6.45) is -7.69. The summed E-state index contributed by atoms with van der Waals surface area (Å²) < 4.78 is 187. The molecule has 0 unspecified atom stereocenters. The normalized spacial score (nSPS) is 14.8. The minimum absolute atomic E-state index is 1.09. The van der Waals surface area contributed by atoms with Crippen LogP contribution in [0.2, 0.25) is 0 Å². The molecule has 0 saturated heterocycles. The van der Waals surface area contributed by atoms with Crippen LogP contribution in [0, 0.1) is 0 Å². The average molecular weight is 487 g/mol. The molecule has 0 saturated carbocycles. The van der Waals surface area contributed by atoms with Gasteiger partial charge in [-0.15, -0.1) is 0 Å². The smallest absolute Gasteiger partial charge is 0.460 e. The minimum Gasteiger partial charge on any atom is -0.477 e. The fourth-order valence-electron chi connectivity index (χ4n) is 1.35. The third-order valence-electron chi connectivity index (χ3n) is 3.10. The first-order valence-electron chi connectivity index (χ1n) is 7.13. The summed E-state index contributed by atoms with van der Waals surface area (Å²) in [7, 11) is 0. The Morgan fingerprint density at radius 3 is 1.07 bits per heavy atom. The fourth-order valence-corrected chi connectivity index (χ4v) is 1.35. The number of rotatable bonds is 8. The van der Waals surface area contributed by atoms with E-state index in [0.29, 0.717) is 0 Å². The largest absolute Gasteiger partial charge is 0.477 e. The number of alkyl halides is 15. The van der Waals surface area contributed by atoms with E-state index in [4.69, 9.17) is 5.11 Å². The molecule has 0 aromatic carbocycles. The van der Waals surface area contributed by atoms with Crippen molar-refractivity contribution < 1.29 is 75.8 Å². The Hall–Kier alpha value is -1.62. The second-order valence-electron chi connectivity index (χ2n) is 5.21. The first-order chi connectivity index (χ1) is 12.9. The quantitative estimate of drug-likeness (QED) is 0.471. The summed E-state index contributed by atoms with van der Waals surface area (Å²) >= 11 is 0. The van der Waals surface area contributed by atoms with Gasteiger partial charge in [-0.2, -0.15) is 65.9 Å². The van der Waals surface area contributed by atoms with Crippen molar-refractivity contribution in [1.82, 2.24) is 5.32 Å². The standard InChI is InChI=1S/C8HF15O2.C4H11N/c9-2(10,1(24)25)3(11,12)4(13,14)5(15,16)6(17,18)7(19,20)8(21,22)23;1-3-5-4-2/h(H,24,25);5H,3-4H2,1-2H3. The van der Waals surface area contributed by atoms with Gasteiger partial charge in [0, 0.05) is 0 Å². The maximum Gasteiger partial charge on any atom is 0.460 e. The highest BCUT2D eigenvalue weighted by Crippen LogP contribution is 2.62. The van der Waals surface area contributed by atoms with Crippen LogP contribution < -0.4 is 5.32 Å². The predicted molar refractivity (Wildman–Crippen MR) is 67.6 cm³/mol. The van der Waals surface area contributed by atoms with E-state index in [1.165, 1.54) is 0 Å². The van der Waals surface area contributed by atoms with Crippen molar-refractivity contribution in [3.8, 4) is 0 Å². The monoisotopic (exact) mass is 487 g/mol. The van der Waals surface area contributed by atoms with Crippen LogP contribution in [0.3, 0.4) is 0 Å². The van der Waals surface area contributed by atoms with Crippen molar-refractivity contribution in [2.75, 3.05) is 13.1 Å². The number of hydrogen-bond donors (Lipinski definition) is 2. The number of aliphatic carboxylic acids is 1. The Balaban J connectivity index is 0. The molecule has 0 amide bonds. The molecule has 182 valence electrons. The van der Waals surface area contributed by atoms with Gasteiger partial charge in [0.05, 0.1) is 0 Å². The van der Waals surface area contributed by atoms with Crippen molar-refractivity contribution in [1.29, 1.82) is 0 Å². The molecule has 0 rings (SSSR count). The molecule has 0 aliphatic carbocycles. The molecule has 30 heavy (non-hydrogen) atoms. The third-order valence-corrected chi connectivity index (χ3v) is 3.10. The Kier molecular flexibility index (Phi) is 9.03. The van der Waals surface area contributed by atoms with E-state index in [-0.39, 0.29) is 0 Å². The van der Waals surface area contributed by atoms with Crippen LogP contribution in [-0.4, -0.2) is 65.9 Å². The Morgan fingerprint density at radius 1 is 0.600 bits per heavy atom. The van der Waals surface area contributed by atoms with Gasteiger partial charge >= 0.3 is 47.7 Å². The molecule has 0 bridgehead atoms. The zero-order valence-electron chi connectivity index (χ0n) is 14.4. The van der Waals surface area contributed by atoms with E-state index in [1.807, 2.05) is 0 Å². The topological polar surface area (TPSA) is 49.3 Å². The van der Waals surface area contributed by atoms with E-state index < -0.39 is 47.7 Å². The Bertz CT molecular complexity index is 583. The van der Waals surface area contributed by atoms with Crippen LogP contribution >= 0.6 is 0 Å². The lowest BCUT2D eigenvalue weighted by molar-refractivity contribution is -0.450. The van der Waals surface area contributed by atoms with Gasteiger partial charge in [-0.1, -0.05) is 13.8 Å². The predicted octanol–water partition coefficient (Wildman–Crippen LogP) is 5.06. The van der Waals surface area contributed by atoms with Gasteiger partial charge in [-0.05, 0) is 13.1 Å². The van der Waals surface area contributed by atoms with Gasteiger partial charge in [-0.25, -0.2) is 4.79 Å². The maximum atomic E-state index is 12.8. The molecule has 0 atom stereocenters. The Labute approximate surface area is 157 Å². The van der Waals surface area contributed by atoms with Crippen molar-refractivity contribution in [2.45, 2.75) is 55.6 Å². The van der Waals surface area contributed by atoms with Crippen LogP contribution in [0.4, 0.5) is 65.9 Å². The van der Waals surface area contributed by atoms with Crippen molar-refractivity contribution in [2.24, 2.45) is 0 Å².